The first-order valence-corrected chi connectivity index (χ1v) is 7.87. The van der Waals surface area contributed by atoms with Crippen molar-refractivity contribution in [3.63, 3.8) is 0 Å². The van der Waals surface area contributed by atoms with Crippen LogP contribution in [0.3, 0.4) is 0 Å². The molecule has 0 aliphatic heterocycles. The summed E-state index contributed by atoms with van der Waals surface area (Å²) >= 11 is 6.04. The monoisotopic (exact) mass is 345 g/mol. The maximum Gasteiger partial charge on any atom is 0.239 e. The molecule has 2 aromatic rings. The van der Waals surface area contributed by atoms with Crippen molar-refractivity contribution in [1.29, 1.82) is 5.26 Å². The Hall–Kier alpha value is -2.58. The zero-order valence-corrected chi connectivity index (χ0v) is 14.0. The SMILES string of the molecule is CCN(CC(=O)NCc1ccc(F)cc1)c1cccc(Cl)c1C#N. The van der Waals surface area contributed by atoms with Crippen LogP contribution in [0, 0.1) is 17.1 Å². The molecule has 0 unspecified atom stereocenters. The largest absolute Gasteiger partial charge is 0.361 e. The van der Waals surface area contributed by atoms with E-state index in [1.165, 1.54) is 12.1 Å². The lowest BCUT2D eigenvalue weighted by Gasteiger charge is -2.23. The fourth-order valence-corrected chi connectivity index (χ4v) is 2.50. The third kappa shape index (κ3) is 4.46. The van der Waals surface area contributed by atoms with E-state index in [9.17, 15) is 14.4 Å². The summed E-state index contributed by atoms with van der Waals surface area (Å²) in [5.74, 6) is -0.503. The Morgan fingerprint density at radius 2 is 2.00 bits per heavy atom. The highest BCUT2D eigenvalue weighted by Crippen LogP contribution is 2.26. The van der Waals surface area contributed by atoms with Gasteiger partial charge in [0.05, 0.1) is 22.8 Å². The van der Waals surface area contributed by atoms with Gasteiger partial charge in [-0.1, -0.05) is 29.8 Å². The Balaban J connectivity index is 2.02. The van der Waals surface area contributed by atoms with Crippen molar-refractivity contribution in [1.82, 2.24) is 5.32 Å². The normalized spacial score (nSPS) is 10.1. The van der Waals surface area contributed by atoms with Crippen LogP contribution >= 0.6 is 11.6 Å². The average molecular weight is 346 g/mol. The molecule has 0 aromatic heterocycles. The molecule has 1 amide bonds. The third-order valence-corrected chi connectivity index (χ3v) is 3.88. The van der Waals surface area contributed by atoms with Gasteiger partial charge in [0.1, 0.15) is 11.9 Å². The summed E-state index contributed by atoms with van der Waals surface area (Å²) in [6, 6.07) is 13.2. The van der Waals surface area contributed by atoms with Crippen molar-refractivity contribution >= 4 is 23.2 Å². The van der Waals surface area contributed by atoms with E-state index in [-0.39, 0.29) is 18.3 Å². The summed E-state index contributed by atoms with van der Waals surface area (Å²) in [5, 5.41) is 12.4. The molecule has 1 N–H and O–H groups in total. The number of nitriles is 1. The van der Waals surface area contributed by atoms with Crippen molar-refractivity contribution in [2.24, 2.45) is 0 Å². The summed E-state index contributed by atoms with van der Waals surface area (Å²) in [4.78, 5) is 13.9. The van der Waals surface area contributed by atoms with Crippen LogP contribution in [-0.2, 0) is 11.3 Å². The van der Waals surface area contributed by atoms with E-state index in [0.717, 1.165) is 5.56 Å². The van der Waals surface area contributed by atoms with Crippen LogP contribution in [0.15, 0.2) is 42.5 Å². The molecule has 2 aromatic carbocycles. The van der Waals surface area contributed by atoms with Crippen molar-refractivity contribution in [2.75, 3.05) is 18.0 Å². The molecule has 0 aliphatic rings. The van der Waals surface area contributed by atoms with Crippen LogP contribution in [0.25, 0.3) is 0 Å². The maximum atomic E-state index is 12.9. The Kier molecular flexibility index (Phi) is 6.16. The summed E-state index contributed by atoms with van der Waals surface area (Å²) in [7, 11) is 0. The number of anilines is 1. The molecule has 0 atom stereocenters. The molecule has 0 bridgehead atoms. The van der Waals surface area contributed by atoms with Crippen LogP contribution in [0.4, 0.5) is 10.1 Å². The summed E-state index contributed by atoms with van der Waals surface area (Å²) in [6.07, 6.45) is 0. The number of amides is 1. The predicted octanol–water partition coefficient (Wildman–Crippen LogP) is 3.49. The minimum Gasteiger partial charge on any atom is -0.361 e. The van der Waals surface area contributed by atoms with E-state index in [1.807, 2.05) is 6.92 Å². The van der Waals surface area contributed by atoms with E-state index in [2.05, 4.69) is 11.4 Å². The molecule has 0 spiro atoms. The zero-order chi connectivity index (χ0) is 17.5. The first-order chi connectivity index (χ1) is 11.5. The van der Waals surface area contributed by atoms with E-state index >= 15 is 0 Å². The Morgan fingerprint density at radius 3 is 2.62 bits per heavy atom. The number of halogens is 2. The second kappa shape index (κ2) is 8.32. The van der Waals surface area contributed by atoms with Gasteiger partial charge in [0.15, 0.2) is 0 Å². The second-order valence-electron chi connectivity index (χ2n) is 5.16. The van der Waals surface area contributed by atoms with Gasteiger partial charge in [-0.3, -0.25) is 4.79 Å². The van der Waals surface area contributed by atoms with Gasteiger partial charge in [-0.25, -0.2) is 4.39 Å². The van der Waals surface area contributed by atoms with E-state index in [4.69, 9.17) is 11.6 Å². The highest BCUT2D eigenvalue weighted by Gasteiger charge is 2.15. The highest BCUT2D eigenvalue weighted by atomic mass is 35.5. The number of nitrogens with zero attached hydrogens (tertiary/aromatic N) is 2. The molecule has 0 saturated heterocycles. The number of carbonyl (C=O) groups is 1. The summed E-state index contributed by atoms with van der Waals surface area (Å²) in [6.45, 7) is 2.87. The second-order valence-corrected chi connectivity index (χ2v) is 5.57. The average Bonchev–Trinajstić information content (AvgIpc) is 2.59. The van der Waals surface area contributed by atoms with Crippen LogP contribution < -0.4 is 10.2 Å². The number of hydrogen-bond donors (Lipinski definition) is 1. The topological polar surface area (TPSA) is 56.1 Å². The summed E-state index contributed by atoms with van der Waals surface area (Å²) in [5.41, 5.74) is 1.80. The molecule has 0 radical (unpaired) electrons. The quantitative estimate of drug-likeness (QED) is 0.871. The van der Waals surface area contributed by atoms with Gasteiger partial charge in [0, 0.05) is 13.1 Å². The molecule has 24 heavy (non-hydrogen) atoms. The maximum absolute atomic E-state index is 12.9. The van der Waals surface area contributed by atoms with Crippen LogP contribution in [-0.4, -0.2) is 19.0 Å². The number of likely N-dealkylation sites (N-methyl/N-ethyl adjacent to an activating group) is 1. The number of rotatable bonds is 6. The van der Waals surface area contributed by atoms with Crippen molar-refractivity contribution in [2.45, 2.75) is 13.5 Å². The molecule has 0 saturated carbocycles. The lowest BCUT2D eigenvalue weighted by Crippen LogP contribution is -2.37. The Morgan fingerprint density at radius 1 is 1.29 bits per heavy atom. The molecule has 4 nitrogen and oxygen atoms in total. The van der Waals surface area contributed by atoms with E-state index in [1.54, 1.807) is 35.2 Å². The Bertz CT molecular complexity index is 756. The molecular formula is C18H17ClFN3O. The minimum absolute atomic E-state index is 0.104. The standard InChI is InChI=1S/C18H17ClFN3O/c1-2-23(17-5-3-4-16(19)15(17)10-21)12-18(24)22-11-13-6-8-14(20)9-7-13/h3-9H,2,11-12H2,1H3,(H,22,24). The molecule has 2 rings (SSSR count). The van der Waals surface area contributed by atoms with Gasteiger partial charge < -0.3 is 10.2 Å². The minimum atomic E-state index is -0.313. The van der Waals surface area contributed by atoms with Crippen LogP contribution in [0.2, 0.25) is 5.02 Å². The number of carbonyl (C=O) groups excluding carboxylic acids is 1. The summed E-state index contributed by atoms with van der Waals surface area (Å²) < 4.78 is 12.9. The Labute approximate surface area is 145 Å². The molecule has 0 fully saturated rings. The zero-order valence-electron chi connectivity index (χ0n) is 13.2. The van der Waals surface area contributed by atoms with Crippen LogP contribution in [0.1, 0.15) is 18.1 Å². The fourth-order valence-electron chi connectivity index (χ4n) is 2.29. The predicted molar refractivity (Wildman–Crippen MR) is 92.3 cm³/mol. The molecule has 6 heteroatoms. The van der Waals surface area contributed by atoms with E-state index < -0.39 is 0 Å². The van der Waals surface area contributed by atoms with E-state index in [0.29, 0.717) is 29.4 Å². The third-order valence-electron chi connectivity index (χ3n) is 3.56. The number of benzene rings is 2. The highest BCUT2D eigenvalue weighted by molar-refractivity contribution is 6.32. The van der Waals surface area contributed by atoms with Gasteiger partial charge in [-0.2, -0.15) is 5.26 Å². The van der Waals surface area contributed by atoms with Crippen LogP contribution in [0.5, 0.6) is 0 Å². The van der Waals surface area contributed by atoms with Gasteiger partial charge in [-0.15, -0.1) is 0 Å². The lowest BCUT2D eigenvalue weighted by atomic mass is 10.1. The first kappa shape index (κ1) is 17.8. The fraction of sp³-hybridized carbons (Fsp3) is 0.222. The van der Waals surface area contributed by atoms with Gasteiger partial charge in [-0.05, 0) is 36.8 Å². The smallest absolute Gasteiger partial charge is 0.239 e. The molecular weight excluding hydrogens is 329 g/mol. The number of hydrogen-bond acceptors (Lipinski definition) is 3. The van der Waals surface area contributed by atoms with Gasteiger partial charge in [0.25, 0.3) is 0 Å². The molecule has 124 valence electrons. The lowest BCUT2D eigenvalue weighted by molar-refractivity contribution is -0.119. The first-order valence-electron chi connectivity index (χ1n) is 7.49. The van der Waals surface area contributed by atoms with Crippen molar-refractivity contribution < 1.29 is 9.18 Å². The van der Waals surface area contributed by atoms with Gasteiger partial charge >= 0.3 is 0 Å². The van der Waals surface area contributed by atoms with Crippen molar-refractivity contribution in [3.8, 4) is 6.07 Å². The molecule has 0 aliphatic carbocycles. The van der Waals surface area contributed by atoms with Gasteiger partial charge in [0.2, 0.25) is 5.91 Å². The van der Waals surface area contributed by atoms with Crippen molar-refractivity contribution in [3.05, 3.63) is 64.4 Å². The number of nitrogens with one attached hydrogen (secondary N) is 1. The molecule has 0 heterocycles.